The van der Waals surface area contributed by atoms with Crippen LogP contribution in [0.1, 0.15) is 13.3 Å². The molecule has 0 saturated carbocycles. The van der Waals surface area contributed by atoms with E-state index in [1.54, 1.807) is 4.90 Å². The van der Waals surface area contributed by atoms with E-state index in [-0.39, 0.29) is 18.8 Å². The summed E-state index contributed by atoms with van der Waals surface area (Å²) in [4.78, 5) is 26.4. The van der Waals surface area contributed by atoms with Crippen molar-refractivity contribution in [1.82, 2.24) is 15.2 Å². The lowest BCUT2D eigenvalue weighted by Crippen LogP contribution is -2.44. The Labute approximate surface area is 103 Å². The Hall–Kier alpha value is -1.83. The van der Waals surface area contributed by atoms with E-state index in [2.05, 4.69) is 10.5 Å². The maximum absolute atomic E-state index is 12.2. The molecule has 0 spiro atoms. The van der Waals surface area contributed by atoms with Crippen molar-refractivity contribution in [2.45, 2.75) is 25.6 Å². The number of fused-ring (bicyclic) bond motifs is 1. The average molecular weight is 254 g/mol. The van der Waals surface area contributed by atoms with Gasteiger partial charge in [0.2, 0.25) is 6.23 Å². The first kappa shape index (κ1) is 11.3. The van der Waals surface area contributed by atoms with Gasteiger partial charge >= 0.3 is 12.0 Å². The van der Waals surface area contributed by atoms with Gasteiger partial charge in [0.25, 0.3) is 0 Å². The molecule has 2 amide bonds. The number of hydrogen-bond acceptors (Lipinski definition) is 6. The van der Waals surface area contributed by atoms with Crippen LogP contribution >= 0.6 is 0 Å². The van der Waals surface area contributed by atoms with Gasteiger partial charge in [-0.2, -0.15) is 5.10 Å². The molecule has 18 heavy (non-hydrogen) atoms. The molecule has 8 heteroatoms. The van der Waals surface area contributed by atoms with Crippen LogP contribution in [0.3, 0.4) is 0 Å². The van der Waals surface area contributed by atoms with Crippen LogP contribution in [-0.2, 0) is 14.3 Å². The predicted octanol–water partition coefficient (Wildman–Crippen LogP) is -0.724. The molecule has 2 unspecified atom stereocenters. The van der Waals surface area contributed by atoms with Crippen molar-refractivity contribution >= 4 is 17.8 Å². The number of amidine groups is 1. The summed E-state index contributed by atoms with van der Waals surface area (Å²) in [6.45, 7) is 2.63. The maximum atomic E-state index is 12.2. The first-order valence-corrected chi connectivity index (χ1v) is 5.82. The first-order valence-electron chi connectivity index (χ1n) is 5.82. The fourth-order valence-electron chi connectivity index (χ4n) is 2.41. The van der Waals surface area contributed by atoms with Crippen molar-refractivity contribution in [1.29, 1.82) is 0 Å². The molecule has 0 radical (unpaired) electrons. The van der Waals surface area contributed by atoms with Crippen molar-refractivity contribution in [3.05, 3.63) is 0 Å². The van der Waals surface area contributed by atoms with Gasteiger partial charge < -0.3 is 14.9 Å². The summed E-state index contributed by atoms with van der Waals surface area (Å²) < 4.78 is 10.5. The van der Waals surface area contributed by atoms with Crippen LogP contribution in [0.15, 0.2) is 5.10 Å². The normalized spacial score (nSPS) is 30.3. The summed E-state index contributed by atoms with van der Waals surface area (Å²) in [5.74, 6) is 0.193. The minimum Gasteiger partial charge on any atom is -0.439 e. The molecule has 0 aromatic carbocycles. The smallest absolute Gasteiger partial charge is 0.330 e. The van der Waals surface area contributed by atoms with Crippen LogP contribution in [0, 0.1) is 0 Å². The van der Waals surface area contributed by atoms with E-state index in [1.165, 1.54) is 11.8 Å². The van der Waals surface area contributed by atoms with Gasteiger partial charge in [0, 0.05) is 19.9 Å². The van der Waals surface area contributed by atoms with Gasteiger partial charge in [-0.25, -0.2) is 9.69 Å². The Balaban J connectivity index is 1.89. The lowest BCUT2D eigenvalue weighted by Gasteiger charge is -2.24. The lowest BCUT2D eigenvalue weighted by atomic mass is 10.2. The van der Waals surface area contributed by atoms with Crippen LogP contribution in [0.5, 0.6) is 0 Å². The van der Waals surface area contributed by atoms with Gasteiger partial charge in [0.1, 0.15) is 18.6 Å². The third-order valence-corrected chi connectivity index (χ3v) is 3.19. The third kappa shape index (κ3) is 1.60. The second-order valence-electron chi connectivity index (χ2n) is 4.38. The monoisotopic (exact) mass is 254 g/mol. The van der Waals surface area contributed by atoms with Gasteiger partial charge in [-0.15, -0.1) is 0 Å². The van der Waals surface area contributed by atoms with Crippen molar-refractivity contribution in [3.8, 4) is 0 Å². The van der Waals surface area contributed by atoms with Gasteiger partial charge in [0.15, 0.2) is 0 Å². The SMILES string of the molecule is CC(=O)OC1C2COCN2C(=O)N1C1=NNCC1. The minimum absolute atomic E-state index is 0.216. The predicted molar refractivity (Wildman–Crippen MR) is 59.3 cm³/mol. The number of hydrogen-bond donors (Lipinski definition) is 1. The molecular weight excluding hydrogens is 240 g/mol. The molecule has 1 N–H and O–H groups in total. The van der Waals surface area contributed by atoms with Crippen molar-refractivity contribution in [3.63, 3.8) is 0 Å². The third-order valence-electron chi connectivity index (χ3n) is 3.19. The summed E-state index contributed by atoms with van der Waals surface area (Å²) in [6, 6.07) is -0.462. The zero-order valence-corrected chi connectivity index (χ0v) is 9.96. The molecule has 2 saturated heterocycles. The zero-order chi connectivity index (χ0) is 12.7. The Morgan fingerprint density at radius 1 is 1.61 bits per heavy atom. The van der Waals surface area contributed by atoms with E-state index in [0.29, 0.717) is 25.4 Å². The van der Waals surface area contributed by atoms with Crippen LogP contribution in [0.4, 0.5) is 4.79 Å². The van der Waals surface area contributed by atoms with E-state index in [0.717, 1.165) is 0 Å². The van der Waals surface area contributed by atoms with Gasteiger partial charge in [-0.1, -0.05) is 0 Å². The molecule has 0 aromatic heterocycles. The molecule has 3 rings (SSSR count). The fraction of sp³-hybridized carbons (Fsp3) is 0.700. The number of rotatable bonds is 1. The van der Waals surface area contributed by atoms with E-state index >= 15 is 0 Å². The average Bonchev–Trinajstić information content (AvgIpc) is 3.00. The number of amides is 2. The number of nitrogens with one attached hydrogen (secondary N) is 1. The van der Waals surface area contributed by atoms with Crippen molar-refractivity contribution in [2.24, 2.45) is 5.10 Å². The van der Waals surface area contributed by atoms with Crippen LogP contribution < -0.4 is 5.43 Å². The van der Waals surface area contributed by atoms with Gasteiger partial charge in [-0.05, 0) is 0 Å². The number of ether oxygens (including phenoxy) is 2. The summed E-state index contributed by atoms with van der Waals surface area (Å²) in [5, 5.41) is 4.07. The number of carbonyl (C=O) groups excluding carboxylic acids is 2. The highest BCUT2D eigenvalue weighted by molar-refractivity contribution is 6.00. The number of esters is 1. The standard InChI is InChI=1S/C10H14N4O4/c1-6(15)18-9-7-4-17-5-13(7)10(16)14(9)8-2-3-11-12-8/h7,9,11H,2-5H2,1H3. The molecule has 3 aliphatic rings. The molecular formula is C10H14N4O4. The molecule has 0 aromatic rings. The van der Waals surface area contributed by atoms with E-state index < -0.39 is 12.2 Å². The molecule has 0 aliphatic carbocycles. The molecule has 2 fully saturated rings. The van der Waals surface area contributed by atoms with Crippen LogP contribution in [-0.4, -0.2) is 59.8 Å². The summed E-state index contributed by atoms with van der Waals surface area (Å²) in [5.41, 5.74) is 2.81. The lowest BCUT2D eigenvalue weighted by molar-refractivity contribution is -0.151. The van der Waals surface area contributed by atoms with E-state index in [4.69, 9.17) is 9.47 Å². The molecule has 98 valence electrons. The Morgan fingerprint density at radius 2 is 2.44 bits per heavy atom. The van der Waals surface area contributed by atoms with Crippen LogP contribution in [0.25, 0.3) is 0 Å². The Morgan fingerprint density at radius 3 is 3.11 bits per heavy atom. The van der Waals surface area contributed by atoms with Crippen molar-refractivity contribution in [2.75, 3.05) is 19.9 Å². The largest absolute Gasteiger partial charge is 0.439 e. The molecule has 0 bridgehead atoms. The highest BCUT2D eigenvalue weighted by Gasteiger charge is 2.52. The topological polar surface area (TPSA) is 83.5 Å². The van der Waals surface area contributed by atoms with E-state index in [1.807, 2.05) is 0 Å². The fourth-order valence-corrected chi connectivity index (χ4v) is 2.41. The summed E-state index contributed by atoms with van der Waals surface area (Å²) in [6.07, 6.45) is 0.00132. The van der Waals surface area contributed by atoms with E-state index in [9.17, 15) is 9.59 Å². The zero-order valence-electron chi connectivity index (χ0n) is 9.96. The quantitative estimate of drug-likeness (QED) is 0.624. The minimum atomic E-state index is -0.642. The summed E-state index contributed by atoms with van der Waals surface area (Å²) in [7, 11) is 0. The van der Waals surface area contributed by atoms with Crippen LogP contribution in [0.2, 0.25) is 0 Å². The van der Waals surface area contributed by atoms with Gasteiger partial charge in [-0.3, -0.25) is 9.69 Å². The number of urea groups is 1. The van der Waals surface area contributed by atoms with Crippen molar-refractivity contribution < 1.29 is 19.1 Å². The number of nitrogens with zero attached hydrogens (tertiary/aromatic N) is 3. The molecule has 8 nitrogen and oxygen atoms in total. The summed E-state index contributed by atoms with van der Waals surface area (Å²) >= 11 is 0. The first-order chi connectivity index (χ1) is 8.68. The Kier molecular flexibility index (Phi) is 2.58. The highest BCUT2D eigenvalue weighted by atomic mass is 16.6. The number of hydrazone groups is 1. The maximum Gasteiger partial charge on any atom is 0.330 e. The van der Waals surface area contributed by atoms with Gasteiger partial charge in [0.05, 0.1) is 6.61 Å². The molecule has 3 heterocycles. The molecule has 2 atom stereocenters. The Bertz CT molecular complexity index is 424. The highest BCUT2D eigenvalue weighted by Crippen LogP contribution is 2.29. The second-order valence-corrected chi connectivity index (χ2v) is 4.38. The number of carbonyl (C=O) groups is 2. The molecule has 3 aliphatic heterocycles. The second kappa shape index (κ2) is 4.13.